The zero-order chi connectivity index (χ0) is 17.8. The van der Waals surface area contributed by atoms with Gasteiger partial charge in [0.15, 0.2) is 0 Å². The third-order valence-corrected chi connectivity index (χ3v) is 6.76. The van der Waals surface area contributed by atoms with Crippen LogP contribution in [-0.4, -0.2) is 53.0 Å². The molecule has 2 rings (SSSR count). The van der Waals surface area contributed by atoms with Gasteiger partial charge >= 0.3 is 0 Å². The van der Waals surface area contributed by atoms with Crippen LogP contribution in [0, 0.1) is 0 Å². The molecule has 6 heteroatoms. The van der Waals surface area contributed by atoms with Gasteiger partial charge in [0.25, 0.3) is 0 Å². The van der Waals surface area contributed by atoms with Gasteiger partial charge in [0.2, 0.25) is 0 Å². The highest BCUT2D eigenvalue weighted by molar-refractivity contribution is 7.73. The fourth-order valence-electron chi connectivity index (χ4n) is 1.90. The highest BCUT2D eigenvalue weighted by Gasteiger charge is 2.20. The standard InChI is InChI=1S/C14H16P2.C4H11NO3/c15-11-12-16(13-7-3-1-4-8-13)14-9-5-2-6-10-14;5-4(1-6,2-7)3-8/h1-10H,11-12,15H2;6-8H,1-3,5H2. The van der Waals surface area contributed by atoms with Gasteiger partial charge in [-0.05, 0) is 30.9 Å². The molecule has 2 aromatic carbocycles. The maximum atomic E-state index is 8.34. The van der Waals surface area contributed by atoms with E-state index < -0.39 is 25.4 Å². The fraction of sp³-hybridized carbons (Fsp3) is 0.333. The summed E-state index contributed by atoms with van der Waals surface area (Å²) in [6.07, 6.45) is 2.41. The van der Waals surface area contributed by atoms with Crippen LogP contribution in [0.4, 0.5) is 0 Å². The molecule has 0 radical (unpaired) electrons. The minimum absolute atomic E-state index is 0.172. The lowest BCUT2D eigenvalue weighted by atomic mass is 10.1. The highest BCUT2D eigenvalue weighted by atomic mass is 31.1. The Morgan fingerprint density at radius 2 is 1.17 bits per heavy atom. The van der Waals surface area contributed by atoms with E-state index in [2.05, 4.69) is 69.9 Å². The van der Waals surface area contributed by atoms with Gasteiger partial charge in [-0.1, -0.05) is 60.7 Å². The summed E-state index contributed by atoms with van der Waals surface area (Å²) in [6, 6.07) is 21.7. The molecule has 0 aliphatic carbocycles. The summed E-state index contributed by atoms with van der Waals surface area (Å²) in [6.45, 7) is -1.21. The average Bonchev–Trinajstić information content (AvgIpc) is 2.67. The molecule has 2 aromatic rings. The van der Waals surface area contributed by atoms with Crippen molar-refractivity contribution in [1.82, 2.24) is 0 Å². The van der Waals surface area contributed by atoms with Crippen LogP contribution in [0.25, 0.3) is 0 Å². The molecule has 0 aliphatic rings. The zero-order valence-corrected chi connectivity index (χ0v) is 15.8. The van der Waals surface area contributed by atoms with E-state index in [1.54, 1.807) is 0 Å². The quantitative estimate of drug-likeness (QED) is 0.542. The predicted octanol–water partition coefficient (Wildman–Crippen LogP) is 0.655. The summed E-state index contributed by atoms with van der Waals surface area (Å²) in [4.78, 5) is 0. The van der Waals surface area contributed by atoms with Crippen molar-refractivity contribution < 1.29 is 15.3 Å². The Morgan fingerprint density at radius 1 is 0.792 bits per heavy atom. The molecule has 1 atom stereocenters. The van der Waals surface area contributed by atoms with E-state index in [0.29, 0.717) is 0 Å². The molecule has 1 unspecified atom stereocenters. The molecule has 5 N–H and O–H groups in total. The van der Waals surface area contributed by atoms with E-state index in [9.17, 15) is 0 Å². The Morgan fingerprint density at radius 3 is 1.42 bits per heavy atom. The molecule has 0 bridgehead atoms. The SMILES string of the molecule is NC(CO)(CO)CO.PCCP(c1ccccc1)c1ccccc1. The molecule has 0 heterocycles. The number of benzene rings is 2. The minimum atomic E-state index is -1.21. The third-order valence-electron chi connectivity index (χ3n) is 3.43. The topological polar surface area (TPSA) is 86.7 Å². The van der Waals surface area contributed by atoms with Crippen LogP contribution in [0.15, 0.2) is 60.7 Å². The van der Waals surface area contributed by atoms with Crippen LogP contribution >= 0.6 is 17.2 Å². The molecule has 0 spiro atoms. The fourth-order valence-corrected chi connectivity index (χ4v) is 4.81. The van der Waals surface area contributed by atoms with Gasteiger partial charge in [0.1, 0.15) is 0 Å². The third kappa shape index (κ3) is 6.94. The van der Waals surface area contributed by atoms with Gasteiger partial charge in [-0.15, -0.1) is 9.24 Å². The average molecular weight is 367 g/mol. The molecule has 0 aromatic heterocycles. The lowest BCUT2D eigenvalue weighted by Crippen LogP contribution is -2.50. The first-order chi connectivity index (χ1) is 11.6. The van der Waals surface area contributed by atoms with Gasteiger partial charge in [-0.25, -0.2) is 0 Å². The normalized spacial score (nSPS) is 11.1. The van der Waals surface area contributed by atoms with Crippen molar-refractivity contribution in [3.63, 3.8) is 0 Å². The Kier molecular flexibility index (Phi) is 10.3. The summed E-state index contributed by atoms with van der Waals surface area (Å²) < 4.78 is 0. The second kappa shape index (κ2) is 11.7. The lowest BCUT2D eigenvalue weighted by Gasteiger charge is -2.20. The first-order valence-electron chi connectivity index (χ1n) is 7.79. The molecule has 0 amide bonds. The maximum absolute atomic E-state index is 8.34. The van der Waals surface area contributed by atoms with Crippen molar-refractivity contribution in [3.8, 4) is 0 Å². The van der Waals surface area contributed by atoms with Crippen LogP contribution in [0.1, 0.15) is 0 Å². The monoisotopic (exact) mass is 367 g/mol. The van der Waals surface area contributed by atoms with Crippen molar-refractivity contribution in [2.75, 3.05) is 32.1 Å². The van der Waals surface area contributed by atoms with Crippen molar-refractivity contribution in [3.05, 3.63) is 60.7 Å². The van der Waals surface area contributed by atoms with Crippen LogP contribution < -0.4 is 16.3 Å². The maximum Gasteiger partial charge on any atom is 0.0856 e. The second-order valence-electron chi connectivity index (χ2n) is 5.45. The Hall–Kier alpha value is -0.860. The van der Waals surface area contributed by atoms with Crippen LogP contribution in [0.3, 0.4) is 0 Å². The van der Waals surface area contributed by atoms with E-state index in [0.717, 1.165) is 6.16 Å². The number of aliphatic hydroxyl groups is 3. The first kappa shape index (κ1) is 21.2. The summed E-state index contributed by atoms with van der Waals surface area (Å²) in [5, 5.41) is 28.0. The van der Waals surface area contributed by atoms with Gasteiger partial charge in [-0.2, -0.15) is 0 Å². The molecule has 0 saturated carbocycles. The van der Waals surface area contributed by atoms with Crippen molar-refractivity contribution in [2.24, 2.45) is 5.73 Å². The van der Waals surface area contributed by atoms with E-state index in [-0.39, 0.29) is 7.92 Å². The highest BCUT2D eigenvalue weighted by Crippen LogP contribution is 2.33. The zero-order valence-electron chi connectivity index (χ0n) is 13.8. The minimum Gasteiger partial charge on any atom is -0.394 e. The number of hydrogen-bond donors (Lipinski definition) is 4. The molecular formula is C18H27NO3P2. The number of rotatable bonds is 7. The van der Waals surface area contributed by atoms with Crippen LogP contribution in [0.5, 0.6) is 0 Å². The summed E-state index contributed by atoms with van der Waals surface area (Å²) in [5.74, 6) is 0. The molecule has 0 saturated heterocycles. The largest absolute Gasteiger partial charge is 0.394 e. The number of aliphatic hydroxyl groups excluding tert-OH is 3. The summed E-state index contributed by atoms with van der Waals surface area (Å²) >= 11 is 0. The summed E-state index contributed by atoms with van der Waals surface area (Å²) in [7, 11) is 2.67. The Labute approximate surface area is 147 Å². The van der Waals surface area contributed by atoms with Crippen LogP contribution in [-0.2, 0) is 0 Å². The van der Waals surface area contributed by atoms with Crippen molar-refractivity contribution in [1.29, 1.82) is 0 Å². The van der Waals surface area contributed by atoms with Crippen molar-refractivity contribution in [2.45, 2.75) is 5.54 Å². The lowest BCUT2D eigenvalue weighted by molar-refractivity contribution is 0.0698. The van der Waals surface area contributed by atoms with E-state index >= 15 is 0 Å². The van der Waals surface area contributed by atoms with Crippen molar-refractivity contribution >= 4 is 27.8 Å². The van der Waals surface area contributed by atoms with E-state index in [1.807, 2.05) is 0 Å². The number of nitrogens with two attached hydrogens (primary N) is 1. The van der Waals surface area contributed by atoms with Gasteiger partial charge < -0.3 is 21.1 Å². The second-order valence-corrected chi connectivity index (χ2v) is 8.36. The number of hydrogen-bond acceptors (Lipinski definition) is 4. The molecular weight excluding hydrogens is 340 g/mol. The summed E-state index contributed by atoms with van der Waals surface area (Å²) in [5.41, 5.74) is 3.94. The Balaban J connectivity index is 0.000000307. The molecule has 0 fully saturated rings. The van der Waals surface area contributed by atoms with Crippen LogP contribution in [0.2, 0.25) is 0 Å². The molecule has 4 nitrogen and oxygen atoms in total. The predicted molar refractivity (Wildman–Crippen MR) is 107 cm³/mol. The molecule has 132 valence electrons. The van der Waals surface area contributed by atoms with Gasteiger partial charge in [0.05, 0.1) is 25.4 Å². The molecule has 0 aliphatic heterocycles. The van der Waals surface area contributed by atoms with Gasteiger partial charge in [0, 0.05) is 0 Å². The Bertz CT molecular complexity index is 503. The first-order valence-corrected chi connectivity index (χ1v) is 10.1. The molecule has 24 heavy (non-hydrogen) atoms. The van der Waals surface area contributed by atoms with E-state index in [1.165, 1.54) is 16.8 Å². The smallest absolute Gasteiger partial charge is 0.0856 e. The van der Waals surface area contributed by atoms with E-state index in [4.69, 9.17) is 21.1 Å². The van der Waals surface area contributed by atoms with Gasteiger partial charge in [-0.3, -0.25) is 0 Å².